The molecule has 278 valence electrons. The van der Waals surface area contributed by atoms with E-state index in [0.29, 0.717) is 37.8 Å². The fourth-order valence-corrected chi connectivity index (χ4v) is 7.04. The largest absolute Gasteiger partial charge is 0.382 e. The number of rotatable bonds is 8. The number of nitrogens with two attached hydrogens (primary N) is 1. The molecule has 53 heavy (non-hydrogen) atoms. The number of hydrogen-bond acceptors (Lipinski definition) is 6. The summed E-state index contributed by atoms with van der Waals surface area (Å²) in [6.45, 7) is 4.68. The highest BCUT2D eigenvalue weighted by Gasteiger charge is 2.55. The minimum absolute atomic E-state index is 0.0914. The number of pyridine rings is 1. The molecular weight excluding hydrogens is 724 g/mol. The van der Waals surface area contributed by atoms with Gasteiger partial charge in [-0.2, -0.15) is 19.0 Å². The van der Waals surface area contributed by atoms with E-state index in [-0.39, 0.29) is 34.8 Å². The number of fused-ring (bicyclic) bond motifs is 2. The second kappa shape index (κ2) is 13.7. The van der Waals surface area contributed by atoms with Gasteiger partial charge in [0, 0.05) is 35.7 Å². The number of nitrogen functional groups attached to an aromatic ring is 1. The van der Waals surface area contributed by atoms with Crippen molar-refractivity contribution in [3.05, 3.63) is 93.0 Å². The molecule has 5 aromatic rings. The number of nitrogens with one attached hydrogen (secondary N) is 1. The molecule has 1 amide bonds. The first-order valence-corrected chi connectivity index (χ1v) is 16.8. The average molecular weight is 758 g/mol. The minimum atomic E-state index is -3.57. The molecule has 9 nitrogen and oxygen atoms in total. The third-order valence-electron chi connectivity index (χ3n) is 9.31. The number of aryl methyl sites for hydroxylation is 1. The van der Waals surface area contributed by atoms with Gasteiger partial charge in [0.05, 0.1) is 27.7 Å². The van der Waals surface area contributed by atoms with Crippen LogP contribution in [0.1, 0.15) is 80.0 Å². The Morgan fingerprint density at radius 3 is 2.38 bits per heavy atom. The van der Waals surface area contributed by atoms with E-state index < -0.39 is 71.3 Å². The molecule has 3 aromatic heterocycles. The van der Waals surface area contributed by atoms with Crippen molar-refractivity contribution in [2.75, 3.05) is 5.73 Å². The monoisotopic (exact) mass is 757 g/mol. The quantitative estimate of drug-likeness (QED) is 0.112. The Balaban J connectivity index is 1.52. The lowest BCUT2D eigenvalue weighted by molar-refractivity contribution is -0.123. The summed E-state index contributed by atoms with van der Waals surface area (Å²) in [5.74, 6) is -3.02. The Hall–Kier alpha value is -5.07. The van der Waals surface area contributed by atoms with Crippen molar-refractivity contribution >= 4 is 34.2 Å². The highest BCUT2D eigenvalue weighted by molar-refractivity contribution is 6.37. The van der Waals surface area contributed by atoms with Crippen LogP contribution >= 0.6 is 11.6 Å². The van der Waals surface area contributed by atoms with Crippen LogP contribution in [0.2, 0.25) is 5.02 Å². The van der Waals surface area contributed by atoms with Crippen molar-refractivity contribution in [1.82, 2.24) is 29.9 Å². The normalized spacial score (nSPS) is 17.2. The molecule has 0 saturated heterocycles. The highest BCUT2D eigenvalue weighted by Crippen LogP contribution is 2.54. The van der Waals surface area contributed by atoms with Crippen molar-refractivity contribution in [3.8, 4) is 23.0 Å². The molecular formula is C37H34ClF6N7O2. The summed E-state index contributed by atoms with van der Waals surface area (Å²) in [7, 11) is 1.64. The molecule has 0 radical (unpaired) electrons. The van der Waals surface area contributed by atoms with Gasteiger partial charge in [-0.25, -0.2) is 22.5 Å². The summed E-state index contributed by atoms with van der Waals surface area (Å²) in [6, 6.07) is 7.98. The van der Waals surface area contributed by atoms with E-state index >= 15 is 8.78 Å². The average Bonchev–Trinajstić information content (AvgIpc) is 3.65. The van der Waals surface area contributed by atoms with Crippen LogP contribution < -0.4 is 11.1 Å². The van der Waals surface area contributed by atoms with Crippen LogP contribution in [-0.4, -0.2) is 41.2 Å². The summed E-state index contributed by atoms with van der Waals surface area (Å²) in [5.41, 5.74) is 4.54. The molecule has 0 fully saturated rings. The topological polar surface area (TPSA) is 124 Å². The standard InChI is InChI=1S/C37H34ClF6N7O2/c1-17-18(2)37(43,44)33-28(17)31(34(41)42)48-51(33)16-27(52)47-26(14-19-12-20(39)15-21(40)13-19)30-23(7-6-22(46-30)10-11-36(3,4)53)24-8-9-25(38)29-32(24)50(5)49-35(29)45/h6-9,12-13,15,17-18,26,34,53H,14,16H2,1-5H3,(H2,45,49)(H,47,52)/t17-,18?,26-/m0/s1. The van der Waals surface area contributed by atoms with Crippen molar-refractivity contribution in [1.29, 1.82) is 0 Å². The Bertz CT molecular complexity index is 2300. The maximum Gasteiger partial charge on any atom is 0.292 e. The van der Waals surface area contributed by atoms with Gasteiger partial charge in [-0.05, 0) is 68.0 Å². The second-order valence-corrected chi connectivity index (χ2v) is 14.1. The fourth-order valence-electron chi connectivity index (χ4n) is 6.79. The molecule has 2 aromatic carbocycles. The van der Waals surface area contributed by atoms with E-state index in [9.17, 15) is 27.5 Å². The molecule has 1 aliphatic carbocycles. The molecule has 1 unspecified atom stereocenters. The first kappa shape index (κ1) is 37.7. The number of aliphatic hydroxyl groups is 1. The van der Waals surface area contributed by atoms with Gasteiger partial charge in [-0.15, -0.1) is 0 Å². The number of amides is 1. The summed E-state index contributed by atoms with van der Waals surface area (Å²) in [6.07, 6.45) is -3.46. The van der Waals surface area contributed by atoms with E-state index in [4.69, 9.17) is 22.3 Å². The smallest absolute Gasteiger partial charge is 0.292 e. The summed E-state index contributed by atoms with van der Waals surface area (Å²) >= 11 is 6.50. The van der Waals surface area contributed by atoms with Crippen molar-refractivity contribution < 1.29 is 36.2 Å². The van der Waals surface area contributed by atoms with Gasteiger partial charge in [0.2, 0.25) is 5.91 Å². The van der Waals surface area contributed by atoms with Crippen LogP contribution in [0.3, 0.4) is 0 Å². The predicted molar refractivity (Wildman–Crippen MR) is 186 cm³/mol. The lowest BCUT2D eigenvalue weighted by Crippen LogP contribution is -2.35. The van der Waals surface area contributed by atoms with Gasteiger partial charge in [-0.3, -0.25) is 14.2 Å². The Morgan fingerprint density at radius 1 is 1.08 bits per heavy atom. The van der Waals surface area contributed by atoms with E-state index in [2.05, 4.69) is 27.4 Å². The maximum absolute atomic E-state index is 15.5. The molecule has 0 aliphatic heterocycles. The lowest BCUT2D eigenvalue weighted by Gasteiger charge is -2.23. The molecule has 0 bridgehead atoms. The number of halogens is 7. The maximum atomic E-state index is 15.5. The van der Waals surface area contributed by atoms with Gasteiger partial charge >= 0.3 is 0 Å². The zero-order valence-electron chi connectivity index (χ0n) is 29.1. The van der Waals surface area contributed by atoms with E-state index in [1.807, 2.05) is 0 Å². The zero-order valence-corrected chi connectivity index (χ0v) is 29.8. The first-order valence-electron chi connectivity index (χ1n) is 16.5. The van der Waals surface area contributed by atoms with E-state index in [1.54, 1.807) is 31.3 Å². The van der Waals surface area contributed by atoms with Crippen LogP contribution in [-0.2, 0) is 30.7 Å². The van der Waals surface area contributed by atoms with Crippen LogP contribution in [0, 0.1) is 29.4 Å². The number of hydrogen-bond donors (Lipinski definition) is 3. The van der Waals surface area contributed by atoms with Gasteiger partial charge in [0.15, 0.2) is 5.82 Å². The number of carbonyl (C=O) groups is 1. The van der Waals surface area contributed by atoms with E-state index in [0.717, 1.165) is 12.1 Å². The molecule has 4 N–H and O–H groups in total. The number of carbonyl (C=O) groups excluding carboxylic acids is 1. The Morgan fingerprint density at radius 2 is 1.74 bits per heavy atom. The number of aromatic nitrogens is 5. The number of anilines is 1. The van der Waals surface area contributed by atoms with Gasteiger partial charge in [0.1, 0.15) is 40.9 Å². The molecule has 1 aliphatic rings. The van der Waals surface area contributed by atoms with Crippen LogP contribution in [0.5, 0.6) is 0 Å². The Labute approximate surface area is 305 Å². The first-order chi connectivity index (χ1) is 24.8. The highest BCUT2D eigenvalue weighted by atomic mass is 35.5. The molecule has 0 saturated carbocycles. The molecule has 6 rings (SSSR count). The second-order valence-electron chi connectivity index (χ2n) is 13.7. The van der Waals surface area contributed by atoms with E-state index in [1.165, 1.54) is 32.4 Å². The van der Waals surface area contributed by atoms with Crippen molar-refractivity contribution in [2.45, 2.75) is 70.6 Å². The SMILES string of the molecule is CC1[C@H](C)c2c(C(F)F)nn(CC(=O)N[C@@H](Cc3cc(F)cc(F)c3)c3nc(C#CC(C)(C)O)ccc3-c3ccc(Cl)c4c(N)nn(C)c34)c2C1(F)F. The summed E-state index contributed by atoms with van der Waals surface area (Å²) in [4.78, 5) is 18.6. The predicted octanol–water partition coefficient (Wildman–Crippen LogP) is 7.35. The third-order valence-corrected chi connectivity index (χ3v) is 9.63. The number of nitrogens with zero attached hydrogens (tertiary/aromatic N) is 5. The summed E-state index contributed by atoms with van der Waals surface area (Å²) < 4.78 is 90.2. The summed E-state index contributed by atoms with van der Waals surface area (Å²) in [5, 5.41) is 21.8. The number of alkyl halides is 4. The van der Waals surface area contributed by atoms with Crippen LogP contribution in [0.4, 0.5) is 32.2 Å². The Kier molecular flexibility index (Phi) is 9.76. The lowest BCUT2D eigenvalue weighted by atomic mass is 9.93. The fraction of sp³-hybridized carbons (Fsp3) is 0.351. The van der Waals surface area contributed by atoms with Gasteiger partial charge in [-0.1, -0.05) is 37.4 Å². The molecule has 3 heterocycles. The zero-order chi connectivity index (χ0) is 38.7. The molecule has 0 spiro atoms. The van der Waals surface area contributed by atoms with Crippen LogP contribution in [0.15, 0.2) is 42.5 Å². The minimum Gasteiger partial charge on any atom is -0.382 e. The van der Waals surface area contributed by atoms with Gasteiger partial charge < -0.3 is 16.2 Å². The van der Waals surface area contributed by atoms with Crippen molar-refractivity contribution in [3.63, 3.8) is 0 Å². The molecule has 3 atom stereocenters. The third kappa shape index (κ3) is 7.17. The van der Waals surface area contributed by atoms with Crippen molar-refractivity contribution in [2.24, 2.45) is 13.0 Å². The van der Waals surface area contributed by atoms with Gasteiger partial charge in [0.25, 0.3) is 12.3 Å². The molecule has 16 heteroatoms. The number of benzene rings is 2. The van der Waals surface area contributed by atoms with Crippen LogP contribution in [0.25, 0.3) is 22.0 Å².